The van der Waals surface area contributed by atoms with E-state index in [4.69, 9.17) is 4.74 Å². The molecule has 7 heteroatoms. The first-order valence-electron chi connectivity index (χ1n) is 10.9. The zero-order chi connectivity index (χ0) is 24.6. The number of hydrogen-bond acceptors (Lipinski definition) is 6. The molecule has 174 valence electrons. The molecule has 1 aromatic heterocycles. The maximum atomic E-state index is 13.3. The van der Waals surface area contributed by atoms with Crippen molar-refractivity contribution in [3.63, 3.8) is 0 Å². The molecule has 34 heavy (non-hydrogen) atoms. The Morgan fingerprint density at radius 1 is 1.06 bits per heavy atom. The number of anilines is 1. The highest BCUT2D eigenvalue weighted by atomic mass is 16.5. The molecule has 0 radical (unpaired) electrons. The summed E-state index contributed by atoms with van der Waals surface area (Å²) in [5, 5.41) is 21.9. The van der Waals surface area contributed by atoms with Crippen LogP contribution < -0.4 is 9.64 Å². The second-order valence-electron chi connectivity index (χ2n) is 8.55. The Morgan fingerprint density at radius 2 is 1.76 bits per heavy atom. The minimum atomic E-state index is -0.944. The van der Waals surface area contributed by atoms with Crippen LogP contribution in [0.25, 0.3) is 5.76 Å². The summed E-state index contributed by atoms with van der Waals surface area (Å²) in [4.78, 5) is 31.8. The second-order valence-corrected chi connectivity index (χ2v) is 8.55. The molecule has 2 aromatic carbocycles. The van der Waals surface area contributed by atoms with Crippen molar-refractivity contribution in [2.45, 2.75) is 32.7 Å². The molecule has 1 fully saturated rings. The minimum absolute atomic E-state index is 0.0584. The smallest absolute Gasteiger partial charge is 0.300 e. The van der Waals surface area contributed by atoms with Gasteiger partial charge in [0.15, 0.2) is 0 Å². The van der Waals surface area contributed by atoms with E-state index in [1.165, 1.54) is 11.0 Å². The number of Topliss-reactive ketones (excluding diaryl/α,β-unsaturated/α-hetero) is 1. The number of aliphatic hydroxyl groups excluding tert-OH is 1. The number of carbonyl (C=O) groups is 2. The van der Waals surface area contributed by atoms with Crippen LogP contribution in [0.2, 0.25) is 0 Å². The summed E-state index contributed by atoms with van der Waals surface area (Å²) in [6.07, 6.45) is 3.10. The third kappa shape index (κ3) is 3.90. The fourth-order valence-corrected chi connectivity index (χ4v) is 4.26. The number of pyridine rings is 1. The van der Waals surface area contributed by atoms with Crippen molar-refractivity contribution in [1.29, 1.82) is 0 Å². The maximum absolute atomic E-state index is 13.3. The molecule has 1 unspecified atom stereocenters. The Kier molecular flexibility index (Phi) is 6.11. The van der Waals surface area contributed by atoms with Gasteiger partial charge in [0.2, 0.25) is 0 Å². The Bertz CT molecular complexity index is 1300. The lowest BCUT2D eigenvalue weighted by Crippen LogP contribution is -2.29. The summed E-state index contributed by atoms with van der Waals surface area (Å²) in [6, 6.07) is 12.4. The lowest BCUT2D eigenvalue weighted by Gasteiger charge is -2.26. The zero-order valence-corrected chi connectivity index (χ0v) is 19.4. The SMILES string of the molecule is COc1ccc(/C(O)=C2/C(=O)C(=O)N(c3cc(C)ccc3O)C2c2ccncc2)cc1C(C)C. The number of phenols is 1. The van der Waals surface area contributed by atoms with Gasteiger partial charge in [-0.2, -0.15) is 0 Å². The Labute approximate surface area is 198 Å². The van der Waals surface area contributed by atoms with Gasteiger partial charge in [0.25, 0.3) is 11.7 Å². The first-order chi connectivity index (χ1) is 16.2. The molecule has 2 N–H and O–H groups in total. The molecule has 1 saturated heterocycles. The molecule has 0 bridgehead atoms. The Balaban J connectivity index is 1.97. The topological polar surface area (TPSA) is 100.0 Å². The van der Waals surface area contributed by atoms with Gasteiger partial charge in [-0.25, -0.2) is 0 Å². The van der Waals surface area contributed by atoms with Crippen LogP contribution in [0.1, 0.15) is 48.1 Å². The molecule has 1 amide bonds. The van der Waals surface area contributed by atoms with Crippen molar-refractivity contribution in [2.24, 2.45) is 0 Å². The standard InChI is InChI=1S/C27H26N2O5/c1-15(2)19-14-18(6-8-22(19)34-4)25(31)23-24(17-9-11-28-12-10-17)29(27(33)26(23)32)20-13-16(3)5-7-21(20)30/h5-15,24,30-31H,1-4H3/b25-23-. The second kappa shape index (κ2) is 9.02. The van der Waals surface area contributed by atoms with Crippen LogP contribution in [0.15, 0.2) is 66.5 Å². The van der Waals surface area contributed by atoms with E-state index in [2.05, 4.69) is 4.98 Å². The van der Waals surface area contributed by atoms with Crippen LogP contribution >= 0.6 is 0 Å². The van der Waals surface area contributed by atoms with E-state index >= 15 is 0 Å². The highest BCUT2D eigenvalue weighted by molar-refractivity contribution is 6.51. The van der Waals surface area contributed by atoms with Crippen LogP contribution in [-0.2, 0) is 9.59 Å². The summed E-state index contributed by atoms with van der Waals surface area (Å²) in [5.74, 6) is -1.32. The number of ketones is 1. The van der Waals surface area contributed by atoms with Crippen molar-refractivity contribution in [1.82, 2.24) is 4.98 Å². The number of phenolic OH excluding ortho intramolecular Hbond substituents is 1. The predicted octanol–water partition coefficient (Wildman–Crippen LogP) is 4.85. The third-order valence-electron chi connectivity index (χ3n) is 5.98. The van der Waals surface area contributed by atoms with Gasteiger partial charge in [-0.15, -0.1) is 0 Å². The molecule has 1 atom stereocenters. The van der Waals surface area contributed by atoms with Crippen molar-refractivity contribution in [3.05, 3.63) is 88.8 Å². The largest absolute Gasteiger partial charge is 0.507 e. The number of carbonyl (C=O) groups excluding carboxylic acids is 2. The number of aromatic nitrogens is 1. The molecule has 1 aliphatic heterocycles. The van der Waals surface area contributed by atoms with Gasteiger partial charge < -0.3 is 14.9 Å². The fraction of sp³-hybridized carbons (Fsp3) is 0.222. The lowest BCUT2D eigenvalue weighted by atomic mass is 9.93. The normalized spacial score (nSPS) is 17.4. The lowest BCUT2D eigenvalue weighted by molar-refractivity contribution is -0.132. The number of amides is 1. The summed E-state index contributed by atoms with van der Waals surface area (Å²) in [6.45, 7) is 5.82. The molecule has 1 aliphatic rings. The maximum Gasteiger partial charge on any atom is 0.300 e. The van der Waals surface area contributed by atoms with E-state index in [0.717, 1.165) is 11.1 Å². The van der Waals surface area contributed by atoms with Gasteiger partial charge in [-0.05, 0) is 72.0 Å². The molecule has 2 heterocycles. The number of methoxy groups -OCH3 is 1. The van der Waals surface area contributed by atoms with E-state index in [-0.39, 0.29) is 28.7 Å². The van der Waals surface area contributed by atoms with Gasteiger partial charge in [-0.3, -0.25) is 19.5 Å². The van der Waals surface area contributed by atoms with Gasteiger partial charge >= 0.3 is 0 Å². The molecule has 7 nitrogen and oxygen atoms in total. The molecule has 0 spiro atoms. The van der Waals surface area contributed by atoms with E-state index < -0.39 is 17.7 Å². The number of aliphatic hydroxyl groups is 1. The Morgan fingerprint density at radius 3 is 2.41 bits per heavy atom. The molecule has 0 aliphatic carbocycles. The van der Waals surface area contributed by atoms with Crippen LogP contribution in [0.3, 0.4) is 0 Å². The van der Waals surface area contributed by atoms with Crippen LogP contribution in [0.5, 0.6) is 11.5 Å². The minimum Gasteiger partial charge on any atom is -0.507 e. The number of ether oxygens (including phenoxy) is 1. The quantitative estimate of drug-likeness (QED) is 0.322. The predicted molar refractivity (Wildman–Crippen MR) is 129 cm³/mol. The molecule has 3 aromatic rings. The Hall–Kier alpha value is -4.13. The monoisotopic (exact) mass is 458 g/mol. The van der Waals surface area contributed by atoms with Gasteiger partial charge in [0.05, 0.1) is 24.4 Å². The highest BCUT2D eigenvalue weighted by Gasteiger charge is 2.47. The summed E-state index contributed by atoms with van der Waals surface area (Å²) in [5.41, 5.74) is 2.78. The molecular formula is C27H26N2O5. The van der Waals surface area contributed by atoms with Gasteiger partial charge in [0.1, 0.15) is 17.3 Å². The summed E-state index contributed by atoms with van der Waals surface area (Å²) >= 11 is 0. The number of aryl methyl sites for hydroxylation is 1. The highest BCUT2D eigenvalue weighted by Crippen LogP contribution is 2.45. The van der Waals surface area contributed by atoms with E-state index in [1.807, 2.05) is 20.8 Å². The molecule has 4 rings (SSSR count). The zero-order valence-electron chi connectivity index (χ0n) is 19.4. The fourth-order valence-electron chi connectivity index (χ4n) is 4.26. The van der Waals surface area contributed by atoms with Crippen LogP contribution in [-0.4, -0.2) is 34.0 Å². The van der Waals surface area contributed by atoms with Crippen molar-refractivity contribution in [3.8, 4) is 11.5 Å². The van der Waals surface area contributed by atoms with Crippen LogP contribution in [0.4, 0.5) is 5.69 Å². The van der Waals surface area contributed by atoms with Crippen molar-refractivity contribution >= 4 is 23.1 Å². The number of benzene rings is 2. The van der Waals surface area contributed by atoms with Crippen LogP contribution in [0, 0.1) is 6.92 Å². The molecule has 0 saturated carbocycles. The first-order valence-corrected chi connectivity index (χ1v) is 10.9. The van der Waals surface area contributed by atoms with Gasteiger partial charge in [-0.1, -0.05) is 19.9 Å². The molecular weight excluding hydrogens is 432 g/mol. The first kappa shape index (κ1) is 23.0. The van der Waals surface area contributed by atoms with E-state index in [9.17, 15) is 19.8 Å². The number of rotatable bonds is 5. The number of nitrogens with zero attached hydrogens (tertiary/aromatic N) is 2. The van der Waals surface area contributed by atoms with Crippen molar-refractivity contribution in [2.75, 3.05) is 12.0 Å². The number of hydrogen-bond donors (Lipinski definition) is 2. The third-order valence-corrected chi connectivity index (χ3v) is 5.98. The van der Waals surface area contributed by atoms with E-state index in [1.54, 1.807) is 62.0 Å². The summed E-state index contributed by atoms with van der Waals surface area (Å²) < 4.78 is 5.43. The average Bonchev–Trinajstić information content (AvgIpc) is 3.10. The number of aromatic hydroxyl groups is 1. The van der Waals surface area contributed by atoms with E-state index in [0.29, 0.717) is 16.9 Å². The summed E-state index contributed by atoms with van der Waals surface area (Å²) in [7, 11) is 1.57. The average molecular weight is 459 g/mol. The van der Waals surface area contributed by atoms with Crippen molar-refractivity contribution < 1.29 is 24.5 Å². The van der Waals surface area contributed by atoms with Gasteiger partial charge in [0, 0.05) is 18.0 Å².